The lowest BCUT2D eigenvalue weighted by Crippen LogP contribution is -2.53. The van der Waals surface area contributed by atoms with Crippen LogP contribution in [0.1, 0.15) is 22.5 Å². The number of urea groups is 1. The zero-order valence-electron chi connectivity index (χ0n) is 18.5. The van der Waals surface area contributed by atoms with Gasteiger partial charge in [-0.25, -0.2) is 4.79 Å². The van der Waals surface area contributed by atoms with Crippen molar-refractivity contribution in [2.45, 2.75) is 20.1 Å². The summed E-state index contributed by atoms with van der Waals surface area (Å²) in [7, 11) is 1.50. The smallest absolute Gasteiger partial charge is 0.331 e. The van der Waals surface area contributed by atoms with Crippen LogP contribution < -0.4 is 14.8 Å². The average molecular weight is 525 g/mol. The van der Waals surface area contributed by atoms with Gasteiger partial charge in [-0.2, -0.15) is 0 Å². The fraction of sp³-hybridized carbons (Fsp3) is 0.160. The molecule has 0 aliphatic carbocycles. The number of barbiturate groups is 1. The molecule has 2 heterocycles. The Bertz CT molecular complexity index is 1280. The largest absolute Gasteiger partial charge is 0.493 e. The number of aryl methyl sites for hydroxylation is 1. The molecule has 2 aromatic carbocycles. The standard InChI is InChI=1S/C25H21BrN2O6/c1-15-5-3-6-16(9-15)14-34-22-20(26)11-17(12-21(22)32-2)10-19-23(29)27-25(31)28(24(19)30)13-18-7-4-8-33-18/h3-12H,13-14H2,1-2H3,(H,27,29,31)/b19-10+. The molecule has 1 fully saturated rings. The highest BCUT2D eigenvalue weighted by molar-refractivity contribution is 9.10. The summed E-state index contributed by atoms with van der Waals surface area (Å²) in [5.41, 5.74) is 2.46. The van der Waals surface area contributed by atoms with Gasteiger partial charge in [0.15, 0.2) is 11.5 Å². The number of ether oxygens (including phenoxy) is 2. The molecule has 0 atom stereocenters. The molecule has 4 rings (SSSR count). The second-order valence-corrected chi connectivity index (χ2v) is 8.45. The van der Waals surface area contributed by atoms with Gasteiger partial charge in [0.25, 0.3) is 11.8 Å². The van der Waals surface area contributed by atoms with E-state index in [1.54, 1.807) is 24.3 Å². The number of nitrogens with one attached hydrogen (secondary N) is 1. The van der Waals surface area contributed by atoms with E-state index >= 15 is 0 Å². The van der Waals surface area contributed by atoms with Crippen molar-refractivity contribution in [1.82, 2.24) is 10.2 Å². The molecule has 0 saturated carbocycles. The number of furan rings is 1. The Kier molecular flexibility index (Phi) is 6.83. The quantitative estimate of drug-likeness (QED) is 0.358. The van der Waals surface area contributed by atoms with E-state index in [1.165, 1.54) is 19.4 Å². The summed E-state index contributed by atoms with van der Waals surface area (Å²) in [6, 6.07) is 13.8. The summed E-state index contributed by atoms with van der Waals surface area (Å²) in [6.45, 7) is 2.25. The van der Waals surface area contributed by atoms with Gasteiger partial charge in [0, 0.05) is 0 Å². The number of amides is 4. The van der Waals surface area contributed by atoms with Gasteiger partial charge in [-0.3, -0.25) is 19.8 Å². The zero-order valence-corrected chi connectivity index (χ0v) is 20.0. The van der Waals surface area contributed by atoms with Gasteiger partial charge < -0.3 is 13.9 Å². The molecule has 1 aliphatic heterocycles. The highest BCUT2D eigenvalue weighted by atomic mass is 79.9. The third-order valence-corrected chi connectivity index (χ3v) is 5.70. The molecule has 0 radical (unpaired) electrons. The van der Waals surface area contributed by atoms with Crippen LogP contribution in [0.3, 0.4) is 0 Å². The van der Waals surface area contributed by atoms with Gasteiger partial charge >= 0.3 is 6.03 Å². The summed E-state index contributed by atoms with van der Waals surface area (Å²) < 4.78 is 17.3. The van der Waals surface area contributed by atoms with Crippen molar-refractivity contribution in [2.24, 2.45) is 0 Å². The number of halogens is 1. The first kappa shape index (κ1) is 23.3. The highest BCUT2D eigenvalue weighted by Gasteiger charge is 2.36. The molecular formula is C25H21BrN2O6. The van der Waals surface area contributed by atoms with Crippen LogP contribution in [0, 0.1) is 6.92 Å². The lowest BCUT2D eigenvalue weighted by atomic mass is 10.1. The van der Waals surface area contributed by atoms with Crippen molar-refractivity contribution in [2.75, 3.05) is 7.11 Å². The molecule has 1 N–H and O–H groups in total. The maximum atomic E-state index is 12.9. The van der Waals surface area contributed by atoms with Crippen LogP contribution in [0.15, 0.2) is 69.3 Å². The number of methoxy groups -OCH3 is 1. The Hall–Kier alpha value is -3.85. The van der Waals surface area contributed by atoms with Crippen molar-refractivity contribution in [3.63, 3.8) is 0 Å². The minimum absolute atomic E-state index is 0.0962. The second-order valence-electron chi connectivity index (χ2n) is 7.60. The fourth-order valence-corrected chi connectivity index (χ4v) is 4.06. The highest BCUT2D eigenvalue weighted by Crippen LogP contribution is 2.38. The molecule has 0 bridgehead atoms. The molecule has 1 aliphatic rings. The Balaban J connectivity index is 1.59. The number of carbonyl (C=O) groups is 3. The molecule has 1 saturated heterocycles. The number of carbonyl (C=O) groups excluding carboxylic acids is 3. The minimum Gasteiger partial charge on any atom is -0.493 e. The van der Waals surface area contributed by atoms with Gasteiger partial charge in [0.1, 0.15) is 17.9 Å². The predicted molar refractivity (Wildman–Crippen MR) is 127 cm³/mol. The van der Waals surface area contributed by atoms with E-state index < -0.39 is 17.8 Å². The Morgan fingerprint density at radius 1 is 1.12 bits per heavy atom. The van der Waals surface area contributed by atoms with Crippen LogP contribution in [0.5, 0.6) is 11.5 Å². The van der Waals surface area contributed by atoms with Crippen LogP contribution >= 0.6 is 15.9 Å². The lowest BCUT2D eigenvalue weighted by Gasteiger charge is -2.25. The molecule has 3 aromatic rings. The molecule has 4 amide bonds. The van der Waals surface area contributed by atoms with Crippen molar-refractivity contribution < 1.29 is 28.3 Å². The zero-order chi connectivity index (χ0) is 24.2. The van der Waals surface area contributed by atoms with E-state index in [9.17, 15) is 14.4 Å². The Morgan fingerprint density at radius 2 is 1.94 bits per heavy atom. The third kappa shape index (κ3) is 5.04. The molecular weight excluding hydrogens is 504 g/mol. The molecule has 1 aromatic heterocycles. The van der Waals surface area contributed by atoms with Crippen molar-refractivity contribution in [1.29, 1.82) is 0 Å². The Morgan fingerprint density at radius 3 is 2.65 bits per heavy atom. The molecule has 9 heteroatoms. The fourth-order valence-electron chi connectivity index (χ4n) is 3.48. The summed E-state index contributed by atoms with van der Waals surface area (Å²) in [5, 5.41) is 2.19. The number of hydrogen-bond acceptors (Lipinski definition) is 6. The van der Waals surface area contributed by atoms with Gasteiger partial charge in [-0.05, 0) is 64.3 Å². The second kappa shape index (κ2) is 9.96. The first-order chi connectivity index (χ1) is 16.4. The topological polar surface area (TPSA) is 98.1 Å². The van der Waals surface area contributed by atoms with E-state index in [4.69, 9.17) is 13.9 Å². The maximum Gasteiger partial charge on any atom is 0.331 e. The van der Waals surface area contributed by atoms with Crippen molar-refractivity contribution >= 4 is 39.9 Å². The third-order valence-electron chi connectivity index (χ3n) is 5.11. The van der Waals surface area contributed by atoms with Gasteiger partial charge in [0.05, 0.1) is 24.4 Å². The molecule has 8 nitrogen and oxygen atoms in total. The number of imide groups is 2. The average Bonchev–Trinajstić information content (AvgIpc) is 3.32. The number of benzene rings is 2. The number of nitrogens with zero attached hydrogens (tertiary/aromatic N) is 1. The van der Waals surface area contributed by atoms with E-state index in [2.05, 4.69) is 21.2 Å². The number of hydrogen-bond donors (Lipinski definition) is 1. The molecule has 34 heavy (non-hydrogen) atoms. The first-order valence-corrected chi connectivity index (χ1v) is 11.1. The van der Waals surface area contributed by atoms with Gasteiger partial charge in [0.2, 0.25) is 0 Å². The van der Waals surface area contributed by atoms with Crippen LogP contribution in [0.4, 0.5) is 4.79 Å². The summed E-state index contributed by atoms with van der Waals surface area (Å²) in [4.78, 5) is 38.5. The number of rotatable bonds is 7. The van der Waals surface area contributed by atoms with Gasteiger partial charge in [-0.1, -0.05) is 29.8 Å². The van der Waals surface area contributed by atoms with Crippen molar-refractivity contribution in [3.8, 4) is 11.5 Å². The van der Waals surface area contributed by atoms with E-state index in [0.29, 0.717) is 33.9 Å². The normalized spacial score (nSPS) is 15.0. The van der Waals surface area contributed by atoms with E-state index in [1.807, 2.05) is 31.2 Å². The van der Waals surface area contributed by atoms with Crippen LogP contribution in [0.25, 0.3) is 6.08 Å². The van der Waals surface area contributed by atoms with Crippen molar-refractivity contribution in [3.05, 3.63) is 87.3 Å². The summed E-state index contributed by atoms with van der Waals surface area (Å²) in [5.74, 6) is -0.182. The van der Waals surface area contributed by atoms with E-state index in [0.717, 1.165) is 16.0 Å². The Labute approximate surface area is 204 Å². The maximum absolute atomic E-state index is 12.9. The summed E-state index contributed by atoms with van der Waals surface area (Å²) >= 11 is 3.49. The predicted octanol–water partition coefficient (Wildman–Crippen LogP) is 4.60. The van der Waals surface area contributed by atoms with Crippen LogP contribution in [-0.2, 0) is 22.7 Å². The first-order valence-electron chi connectivity index (χ1n) is 10.3. The monoisotopic (exact) mass is 524 g/mol. The summed E-state index contributed by atoms with van der Waals surface area (Å²) in [6.07, 6.45) is 2.84. The SMILES string of the molecule is COc1cc(/C=C2\C(=O)NC(=O)N(Cc3ccco3)C2=O)cc(Br)c1OCc1cccc(C)c1. The minimum atomic E-state index is -0.804. The van der Waals surface area contributed by atoms with E-state index in [-0.39, 0.29) is 12.1 Å². The van der Waals surface area contributed by atoms with Crippen LogP contribution in [-0.4, -0.2) is 29.9 Å². The lowest BCUT2D eigenvalue weighted by molar-refractivity contribution is -0.130. The molecule has 174 valence electrons. The van der Waals surface area contributed by atoms with Gasteiger partial charge in [-0.15, -0.1) is 0 Å². The van der Waals surface area contributed by atoms with Crippen LogP contribution in [0.2, 0.25) is 0 Å². The molecule has 0 spiro atoms. The molecule has 0 unspecified atom stereocenters.